The van der Waals surface area contributed by atoms with Gasteiger partial charge < -0.3 is 20.7 Å². The van der Waals surface area contributed by atoms with Gasteiger partial charge in [-0.15, -0.1) is 11.3 Å². The molecule has 5 aromatic rings. The Bertz CT molecular complexity index is 1750. The molecule has 1 amide bonds. The molecule has 0 aliphatic rings. The van der Waals surface area contributed by atoms with E-state index in [0.29, 0.717) is 5.00 Å². The first kappa shape index (κ1) is 30.1. The summed E-state index contributed by atoms with van der Waals surface area (Å²) in [6.45, 7) is 3.30. The number of carbonyl (C=O) groups is 1. The second kappa shape index (κ2) is 12.4. The Hall–Kier alpha value is -4.42. The van der Waals surface area contributed by atoms with E-state index in [-0.39, 0.29) is 16.2 Å². The molecule has 0 radical (unpaired) electrons. The van der Waals surface area contributed by atoms with Crippen LogP contribution < -0.4 is 15.8 Å². The number of pyridine rings is 1. The zero-order valence-electron chi connectivity index (χ0n) is 23.9. The van der Waals surface area contributed by atoms with Crippen LogP contribution in [-0.2, 0) is 6.18 Å². The lowest BCUT2D eigenvalue weighted by molar-refractivity contribution is -0.139. The number of aromatic nitrogens is 3. The van der Waals surface area contributed by atoms with Crippen LogP contribution in [-0.4, -0.2) is 52.5 Å². The Balaban J connectivity index is 1.40. The minimum absolute atomic E-state index is 0.0400. The molecule has 12 heteroatoms. The SMILES string of the molecule is C[C@@H](Oc1cc(-n2cnc3cc(-c4ccnc(NCCCN(C)C)c4)ccc32)sc1C(N)=O)c1ccccc1C(F)(F)F. The van der Waals surface area contributed by atoms with Crippen LogP contribution in [0.25, 0.3) is 27.2 Å². The van der Waals surface area contributed by atoms with Gasteiger partial charge in [-0.25, -0.2) is 9.97 Å². The summed E-state index contributed by atoms with van der Waals surface area (Å²) in [6, 6.07) is 16.6. The average Bonchev–Trinajstić information content (AvgIpc) is 3.59. The van der Waals surface area contributed by atoms with E-state index in [1.54, 1.807) is 23.2 Å². The number of fused-ring (bicyclic) bond motifs is 1. The van der Waals surface area contributed by atoms with E-state index in [9.17, 15) is 18.0 Å². The summed E-state index contributed by atoms with van der Waals surface area (Å²) in [5.74, 6) is 0.162. The van der Waals surface area contributed by atoms with Crippen molar-refractivity contribution >= 4 is 34.1 Å². The van der Waals surface area contributed by atoms with Crippen molar-refractivity contribution in [3.63, 3.8) is 0 Å². The molecule has 224 valence electrons. The normalized spacial score (nSPS) is 12.5. The number of rotatable bonds is 11. The molecule has 0 saturated heterocycles. The third kappa shape index (κ3) is 6.81. The number of amides is 1. The molecule has 3 aromatic heterocycles. The Morgan fingerprint density at radius 1 is 1.09 bits per heavy atom. The highest BCUT2D eigenvalue weighted by Gasteiger charge is 2.35. The van der Waals surface area contributed by atoms with Crippen molar-refractivity contribution in [1.29, 1.82) is 0 Å². The molecular weight excluding hydrogens is 577 g/mol. The lowest BCUT2D eigenvalue weighted by Gasteiger charge is -2.19. The van der Waals surface area contributed by atoms with E-state index in [0.717, 1.165) is 64.9 Å². The second-order valence-electron chi connectivity index (χ2n) is 10.3. The third-order valence-corrected chi connectivity index (χ3v) is 8.01. The van der Waals surface area contributed by atoms with E-state index >= 15 is 0 Å². The van der Waals surface area contributed by atoms with E-state index in [2.05, 4.69) is 20.2 Å². The maximum atomic E-state index is 13.6. The fraction of sp³-hybridized carbons (Fsp3) is 0.258. The maximum absolute atomic E-state index is 13.6. The number of benzene rings is 2. The monoisotopic (exact) mass is 608 g/mol. The zero-order valence-corrected chi connectivity index (χ0v) is 24.7. The highest BCUT2D eigenvalue weighted by molar-refractivity contribution is 7.16. The quantitative estimate of drug-likeness (QED) is 0.161. The summed E-state index contributed by atoms with van der Waals surface area (Å²) < 4.78 is 48.5. The number of thiophene rings is 1. The van der Waals surface area contributed by atoms with Gasteiger partial charge in [0.25, 0.3) is 5.91 Å². The molecule has 0 unspecified atom stereocenters. The fourth-order valence-corrected chi connectivity index (χ4v) is 5.72. The van der Waals surface area contributed by atoms with Crippen LogP contribution in [0.5, 0.6) is 5.75 Å². The van der Waals surface area contributed by atoms with E-state index in [1.165, 1.54) is 25.1 Å². The first-order valence-corrected chi connectivity index (χ1v) is 14.4. The summed E-state index contributed by atoms with van der Waals surface area (Å²) in [4.78, 5) is 23.5. The van der Waals surface area contributed by atoms with Crippen LogP contribution in [0.3, 0.4) is 0 Å². The third-order valence-electron chi connectivity index (χ3n) is 6.88. The highest BCUT2D eigenvalue weighted by Crippen LogP contribution is 2.39. The fourth-order valence-electron chi connectivity index (χ4n) is 4.79. The number of imidazole rings is 1. The van der Waals surface area contributed by atoms with Crippen LogP contribution in [0, 0.1) is 0 Å². The topological polar surface area (TPSA) is 98.3 Å². The van der Waals surface area contributed by atoms with Gasteiger partial charge in [0, 0.05) is 24.4 Å². The molecule has 0 saturated carbocycles. The van der Waals surface area contributed by atoms with Crippen molar-refractivity contribution in [2.75, 3.05) is 32.5 Å². The Morgan fingerprint density at radius 3 is 2.60 bits per heavy atom. The van der Waals surface area contributed by atoms with Gasteiger partial charge in [-0.1, -0.05) is 24.3 Å². The molecule has 0 aliphatic carbocycles. The molecule has 5 rings (SSSR count). The van der Waals surface area contributed by atoms with Crippen LogP contribution in [0.1, 0.15) is 40.2 Å². The van der Waals surface area contributed by atoms with Crippen LogP contribution in [0.4, 0.5) is 19.0 Å². The number of hydrogen-bond donors (Lipinski definition) is 2. The van der Waals surface area contributed by atoms with Crippen LogP contribution >= 0.6 is 11.3 Å². The number of nitrogens with zero attached hydrogens (tertiary/aromatic N) is 4. The number of nitrogens with two attached hydrogens (primary N) is 1. The summed E-state index contributed by atoms with van der Waals surface area (Å²) in [6.07, 6.45) is -1.15. The highest BCUT2D eigenvalue weighted by atomic mass is 32.1. The van der Waals surface area contributed by atoms with E-state index < -0.39 is 23.8 Å². The number of primary amides is 1. The molecule has 0 bridgehead atoms. The van der Waals surface area contributed by atoms with Gasteiger partial charge >= 0.3 is 6.18 Å². The minimum atomic E-state index is -4.55. The van der Waals surface area contributed by atoms with Gasteiger partial charge in [0.05, 0.1) is 16.6 Å². The first-order valence-electron chi connectivity index (χ1n) is 13.6. The molecule has 8 nitrogen and oxygen atoms in total. The maximum Gasteiger partial charge on any atom is 0.416 e. The van der Waals surface area contributed by atoms with Crippen molar-refractivity contribution in [2.24, 2.45) is 5.73 Å². The van der Waals surface area contributed by atoms with Crippen LogP contribution in [0.2, 0.25) is 0 Å². The molecule has 0 aliphatic heterocycles. The van der Waals surface area contributed by atoms with Gasteiger partial charge in [0.2, 0.25) is 0 Å². The lowest BCUT2D eigenvalue weighted by atomic mass is 10.0. The first-order chi connectivity index (χ1) is 20.5. The van der Waals surface area contributed by atoms with Gasteiger partial charge in [-0.05, 0) is 75.4 Å². The predicted molar refractivity (Wildman–Crippen MR) is 163 cm³/mol. The number of hydrogen-bond acceptors (Lipinski definition) is 7. The number of nitrogens with one attached hydrogen (secondary N) is 1. The van der Waals surface area contributed by atoms with Crippen LogP contribution in [0.15, 0.2) is 73.2 Å². The Morgan fingerprint density at radius 2 is 1.86 bits per heavy atom. The Labute approximate surface area is 250 Å². The predicted octanol–water partition coefficient (Wildman–Crippen LogP) is 6.77. The smallest absolute Gasteiger partial charge is 0.416 e. The number of carbonyl (C=O) groups excluding carboxylic acids is 1. The number of alkyl halides is 3. The summed E-state index contributed by atoms with van der Waals surface area (Å²) in [5, 5.41) is 3.95. The molecule has 0 spiro atoms. The molecule has 3 N–H and O–H groups in total. The summed E-state index contributed by atoms with van der Waals surface area (Å²) >= 11 is 1.08. The van der Waals surface area contributed by atoms with Crippen molar-refractivity contribution < 1.29 is 22.7 Å². The van der Waals surface area contributed by atoms with Crippen molar-refractivity contribution in [3.8, 4) is 21.9 Å². The van der Waals surface area contributed by atoms with Crippen molar-refractivity contribution in [1.82, 2.24) is 19.4 Å². The summed E-state index contributed by atoms with van der Waals surface area (Å²) in [7, 11) is 4.08. The number of ether oxygens (including phenoxy) is 1. The van der Waals surface area contributed by atoms with Crippen molar-refractivity contribution in [3.05, 3.63) is 89.2 Å². The van der Waals surface area contributed by atoms with Gasteiger partial charge in [-0.2, -0.15) is 13.2 Å². The van der Waals surface area contributed by atoms with E-state index in [4.69, 9.17) is 10.5 Å². The standard InChI is InChI=1S/C31H31F3N6O2S/c1-19(22-7-4-5-8-23(22)31(32,33)34)42-26-17-28(43-29(26)30(35)41)40-18-38-24-15-20(9-10-25(24)40)21-11-13-37-27(16-21)36-12-6-14-39(2)3/h4-5,7-11,13,15-19H,6,12,14H2,1-3H3,(H2,35,41)(H,36,37)/t19-/m1/s1. The van der Waals surface area contributed by atoms with Crippen molar-refractivity contribution in [2.45, 2.75) is 25.6 Å². The van der Waals surface area contributed by atoms with Gasteiger partial charge in [0.1, 0.15) is 33.9 Å². The van der Waals surface area contributed by atoms with E-state index in [1.807, 2.05) is 44.4 Å². The molecule has 1 atom stereocenters. The summed E-state index contributed by atoms with van der Waals surface area (Å²) in [5.41, 5.74) is 8.24. The lowest BCUT2D eigenvalue weighted by Crippen LogP contribution is -2.16. The molecule has 0 fully saturated rings. The molecule has 3 heterocycles. The van der Waals surface area contributed by atoms with Gasteiger partial charge in [-0.3, -0.25) is 9.36 Å². The van der Waals surface area contributed by atoms with Gasteiger partial charge in [0.15, 0.2) is 0 Å². The number of anilines is 1. The Kier molecular flexibility index (Phi) is 8.69. The zero-order chi connectivity index (χ0) is 30.7. The molecular formula is C31H31F3N6O2S. The number of halogens is 3. The minimum Gasteiger partial charge on any atom is -0.484 e. The largest absolute Gasteiger partial charge is 0.484 e. The molecule has 2 aromatic carbocycles. The average molecular weight is 609 g/mol. The molecule has 43 heavy (non-hydrogen) atoms. The second-order valence-corrected chi connectivity index (χ2v) is 11.3.